The van der Waals surface area contributed by atoms with Gasteiger partial charge in [-0.3, -0.25) is 4.79 Å². The third-order valence-electron chi connectivity index (χ3n) is 3.39. The van der Waals surface area contributed by atoms with Gasteiger partial charge in [0, 0.05) is 18.8 Å². The lowest BCUT2D eigenvalue weighted by Crippen LogP contribution is -2.30. The molecule has 1 aromatic carbocycles. The zero-order chi connectivity index (χ0) is 14.2. The van der Waals surface area contributed by atoms with Gasteiger partial charge >= 0.3 is 5.97 Å². The number of rotatable bonds is 3. The first-order chi connectivity index (χ1) is 8.82. The average molecular weight is 284 g/mol. The summed E-state index contributed by atoms with van der Waals surface area (Å²) in [5.74, 6) is -1.82. The van der Waals surface area contributed by atoms with Crippen LogP contribution >= 0.6 is 0 Å². The van der Waals surface area contributed by atoms with Gasteiger partial charge in [-0.2, -0.15) is 4.31 Å². The lowest BCUT2D eigenvalue weighted by molar-refractivity contribution is -0.142. The van der Waals surface area contributed by atoms with Gasteiger partial charge in [0.1, 0.15) is 0 Å². The number of nitrogens with zero attached hydrogens (tertiary/aromatic N) is 1. The maximum atomic E-state index is 12.4. The number of hydrogen-bond donors (Lipinski definition) is 2. The van der Waals surface area contributed by atoms with Crippen LogP contribution in [0, 0.1) is 11.8 Å². The van der Waals surface area contributed by atoms with Gasteiger partial charge in [-0.05, 0) is 24.1 Å². The van der Waals surface area contributed by atoms with Crippen LogP contribution in [0.25, 0.3) is 0 Å². The Morgan fingerprint density at radius 3 is 2.63 bits per heavy atom. The van der Waals surface area contributed by atoms with Gasteiger partial charge in [-0.25, -0.2) is 8.42 Å². The molecule has 1 aliphatic rings. The molecule has 0 spiro atoms. The maximum absolute atomic E-state index is 12.4. The maximum Gasteiger partial charge on any atom is 0.308 e. The molecule has 104 valence electrons. The van der Waals surface area contributed by atoms with Crippen molar-refractivity contribution >= 4 is 21.7 Å². The quantitative estimate of drug-likeness (QED) is 0.792. The largest absolute Gasteiger partial charge is 0.481 e. The van der Waals surface area contributed by atoms with Crippen LogP contribution in [0.15, 0.2) is 29.2 Å². The standard InChI is InChI=1S/C12H16N2O4S/c1-8-6-14(7-11(8)12(15)16)19(17,18)10-4-2-3-9(13)5-10/h2-5,8,11H,6-7,13H2,1H3,(H,15,16)/t8-,11-/m1/s1. The highest BCUT2D eigenvalue weighted by Crippen LogP contribution is 2.29. The molecule has 7 heteroatoms. The Hall–Kier alpha value is -1.60. The fourth-order valence-electron chi connectivity index (χ4n) is 2.26. The molecule has 0 saturated carbocycles. The average Bonchev–Trinajstić information content (AvgIpc) is 2.72. The number of carbonyl (C=O) groups is 1. The number of benzene rings is 1. The van der Waals surface area contributed by atoms with E-state index in [-0.39, 0.29) is 23.9 Å². The third-order valence-corrected chi connectivity index (χ3v) is 5.22. The number of nitrogen functional groups attached to an aromatic ring is 1. The molecule has 6 nitrogen and oxygen atoms in total. The Balaban J connectivity index is 2.30. The molecule has 1 aliphatic heterocycles. The summed E-state index contributed by atoms with van der Waals surface area (Å²) in [5, 5.41) is 9.04. The van der Waals surface area contributed by atoms with Crippen molar-refractivity contribution in [2.24, 2.45) is 11.8 Å². The van der Waals surface area contributed by atoms with Crippen molar-refractivity contribution < 1.29 is 18.3 Å². The molecule has 2 rings (SSSR count). The number of carboxylic acids is 1. The van der Waals surface area contributed by atoms with Crippen LogP contribution in [0.5, 0.6) is 0 Å². The van der Waals surface area contributed by atoms with E-state index < -0.39 is 21.9 Å². The summed E-state index contributed by atoms with van der Waals surface area (Å²) in [7, 11) is -3.67. The summed E-state index contributed by atoms with van der Waals surface area (Å²) < 4.78 is 26.0. The Bertz CT molecular complexity index is 600. The first-order valence-corrected chi connectivity index (χ1v) is 7.35. The van der Waals surface area contributed by atoms with E-state index in [1.807, 2.05) is 0 Å². The molecule has 1 aromatic rings. The molecule has 19 heavy (non-hydrogen) atoms. The monoisotopic (exact) mass is 284 g/mol. The van der Waals surface area contributed by atoms with E-state index in [2.05, 4.69) is 0 Å². The first kappa shape index (κ1) is 13.8. The van der Waals surface area contributed by atoms with Gasteiger partial charge in [0.25, 0.3) is 0 Å². The molecule has 0 radical (unpaired) electrons. The highest BCUT2D eigenvalue weighted by molar-refractivity contribution is 7.89. The molecule has 0 aromatic heterocycles. The number of hydrogen-bond acceptors (Lipinski definition) is 4. The second-order valence-corrected chi connectivity index (χ2v) is 6.75. The molecular formula is C12H16N2O4S. The minimum Gasteiger partial charge on any atom is -0.481 e. The fraction of sp³-hybridized carbons (Fsp3) is 0.417. The van der Waals surface area contributed by atoms with Crippen LogP contribution in [0.1, 0.15) is 6.92 Å². The van der Waals surface area contributed by atoms with Gasteiger partial charge < -0.3 is 10.8 Å². The molecule has 0 aliphatic carbocycles. The Kier molecular flexibility index (Phi) is 3.51. The number of carboxylic acid groups (broad SMARTS) is 1. The van der Waals surface area contributed by atoms with Crippen LogP contribution in [0.3, 0.4) is 0 Å². The minimum absolute atomic E-state index is 0.00757. The van der Waals surface area contributed by atoms with E-state index in [0.717, 1.165) is 0 Å². The smallest absolute Gasteiger partial charge is 0.308 e. The van der Waals surface area contributed by atoms with Crippen molar-refractivity contribution in [3.63, 3.8) is 0 Å². The normalized spacial score (nSPS) is 24.5. The van der Waals surface area contributed by atoms with Gasteiger partial charge in [0.05, 0.1) is 10.8 Å². The van der Waals surface area contributed by atoms with Crippen molar-refractivity contribution in [2.45, 2.75) is 11.8 Å². The van der Waals surface area contributed by atoms with Crippen molar-refractivity contribution in [1.29, 1.82) is 0 Å². The molecular weight excluding hydrogens is 268 g/mol. The van der Waals surface area contributed by atoms with Crippen LogP contribution < -0.4 is 5.73 Å². The summed E-state index contributed by atoms with van der Waals surface area (Å²) in [5.41, 5.74) is 5.94. The Morgan fingerprint density at radius 1 is 1.42 bits per heavy atom. The number of anilines is 1. The van der Waals surface area contributed by atoms with E-state index in [4.69, 9.17) is 10.8 Å². The first-order valence-electron chi connectivity index (χ1n) is 5.91. The van der Waals surface area contributed by atoms with E-state index in [0.29, 0.717) is 5.69 Å². The summed E-state index contributed by atoms with van der Waals surface area (Å²) in [4.78, 5) is 11.1. The molecule has 3 N–H and O–H groups in total. The zero-order valence-electron chi connectivity index (χ0n) is 10.5. The fourth-order valence-corrected chi connectivity index (χ4v) is 3.89. The highest BCUT2D eigenvalue weighted by Gasteiger charge is 2.40. The summed E-state index contributed by atoms with van der Waals surface area (Å²) in [6, 6.07) is 6.01. The van der Waals surface area contributed by atoms with E-state index in [1.165, 1.54) is 16.4 Å². The van der Waals surface area contributed by atoms with Crippen molar-refractivity contribution in [2.75, 3.05) is 18.8 Å². The van der Waals surface area contributed by atoms with Crippen LogP contribution in [0.2, 0.25) is 0 Å². The van der Waals surface area contributed by atoms with Gasteiger partial charge in [-0.15, -0.1) is 0 Å². The van der Waals surface area contributed by atoms with E-state index in [1.54, 1.807) is 19.1 Å². The molecule has 1 saturated heterocycles. The van der Waals surface area contributed by atoms with Gasteiger partial charge in [-0.1, -0.05) is 13.0 Å². The van der Waals surface area contributed by atoms with Crippen molar-refractivity contribution in [3.8, 4) is 0 Å². The number of nitrogens with two attached hydrogens (primary N) is 1. The topological polar surface area (TPSA) is 101 Å². The lowest BCUT2D eigenvalue weighted by atomic mass is 9.99. The van der Waals surface area contributed by atoms with E-state index >= 15 is 0 Å². The Labute approximate surface area is 111 Å². The van der Waals surface area contributed by atoms with Crippen molar-refractivity contribution in [3.05, 3.63) is 24.3 Å². The molecule has 0 bridgehead atoms. The molecule has 0 unspecified atom stereocenters. The van der Waals surface area contributed by atoms with Crippen LogP contribution in [-0.2, 0) is 14.8 Å². The summed E-state index contributed by atoms with van der Waals surface area (Å²) >= 11 is 0. The highest BCUT2D eigenvalue weighted by atomic mass is 32.2. The zero-order valence-corrected chi connectivity index (χ0v) is 11.3. The third kappa shape index (κ3) is 2.57. The molecule has 1 heterocycles. The number of sulfonamides is 1. The second-order valence-electron chi connectivity index (χ2n) is 4.82. The molecule has 0 amide bonds. The molecule has 1 fully saturated rings. The Morgan fingerprint density at radius 2 is 2.11 bits per heavy atom. The van der Waals surface area contributed by atoms with Crippen LogP contribution in [0.4, 0.5) is 5.69 Å². The van der Waals surface area contributed by atoms with Gasteiger partial charge in [0.15, 0.2) is 0 Å². The van der Waals surface area contributed by atoms with E-state index in [9.17, 15) is 13.2 Å². The van der Waals surface area contributed by atoms with Gasteiger partial charge in [0.2, 0.25) is 10.0 Å². The SMILES string of the molecule is C[C@@H]1CN(S(=O)(=O)c2cccc(N)c2)C[C@H]1C(=O)O. The minimum atomic E-state index is -3.67. The van der Waals surface area contributed by atoms with Crippen LogP contribution in [-0.4, -0.2) is 36.9 Å². The predicted octanol–water partition coefficient (Wildman–Crippen LogP) is 0.610. The lowest BCUT2D eigenvalue weighted by Gasteiger charge is -2.16. The van der Waals surface area contributed by atoms with Crippen molar-refractivity contribution in [1.82, 2.24) is 4.31 Å². The summed E-state index contributed by atoms with van der Waals surface area (Å²) in [6.07, 6.45) is 0. The summed E-state index contributed by atoms with van der Waals surface area (Å²) in [6.45, 7) is 1.97. The predicted molar refractivity (Wildman–Crippen MR) is 69.9 cm³/mol. The number of aliphatic carboxylic acids is 1. The molecule has 2 atom stereocenters. The second kappa shape index (κ2) is 4.82.